The van der Waals surface area contributed by atoms with Crippen molar-refractivity contribution in [2.45, 2.75) is 170 Å². The molecule has 1 saturated carbocycles. The third-order valence-corrected chi connectivity index (χ3v) is 145. The van der Waals surface area contributed by atoms with Crippen molar-refractivity contribution in [3.8, 4) is 0 Å². The van der Waals surface area contributed by atoms with E-state index in [1.807, 2.05) is 0 Å². The van der Waals surface area contributed by atoms with Crippen LogP contribution in [0.15, 0.2) is 0 Å². The van der Waals surface area contributed by atoms with Gasteiger partial charge in [-0.3, -0.25) is 0 Å². The van der Waals surface area contributed by atoms with Crippen molar-refractivity contribution in [1.82, 2.24) is 0 Å². The fraction of sp³-hybridized carbons (Fsp3) is 0.967. The SMILES string of the molecule is CC(C)(C)[C@@H](O[Si]([Si](C)(C)C)([Si](C)(C)C)[Si](C)(C)C)[C@@H]1CCC[C@@H](C=O)[C@@H]1O[Si]([Si](C)(C)C)([Si](C)(C)C)[Si](C)(C)C. The molecule has 1 aliphatic carbocycles. The summed E-state index contributed by atoms with van der Waals surface area (Å²) in [5.41, 5.74) is -0.00402. The number of carbonyl (C=O) groups is 1. The lowest BCUT2D eigenvalue weighted by Crippen LogP contribution is -2.86. The molecule has 0 aliphatic heterocycles. The Balaban J connectivity index is 4.10. The average molecular weight is 708 g/mol. The molecule has 1 fully saturated rings. The van der Waals surface area contributed by atoms with Crippen LogP contribution in [0, 0.1) is 17.3 Å². The second kappa shape index (κ2) is 12.5. The van der Waals surface area contributed by atoms with Crippen LogP contribution in [0.1, 0.15) is 40.0 Å². The molecular weight excluding hydrogens is 633 g/mol. The second-order valence-electron chi connectivity index (χ2n) is 20.7. The lowest BCUT2D eigenvalue weighted by atomic mass is 9.70. The molecule has 11 heteroatoms. The van der Waals surface area contributed by atoms with E-state index in [0.29, 0.717) is 5.92 Å². The molecule has 0 amide bonds. The van der Waals surface area contributed by atoms with E-state index in [-0.39, 0.29) is 23.5 Å². The maximum absolute atomic E-state index is 12.9. The molecule has 0 unspecified atom stereocenters. The summed E-state index contributed by atoms with van der Waals surface area (Å²) in [4.78, 5) is 12.9. The van der Waals surface area contributed by atoms with Crippen LogP contribution in [-0.4, -0.2) is 77.8 Å². The molecule has 4 atom stereocenters. The molecule has 0 aromatic rings. The minimum atomic E-state index is -2.12. The van der Waals surface area contributed by atoms with Gasteiger partial charge in [-0.05, 0) is 18.3 Å². The highest BCUT2D eigenvalue weighted by Crippen LogP contribution is 2.49. The van der Waals surface area contributed by atoms with Gasteiger partial charge in [-0.2, -0.15) is 0 Å². The number of carbonyl (C=O) groups excluding carboxylic acids is 1. The molecule has 0 aromatic carbocycles. The van der Waals surface area contributed by atoms with Crippen molar-refractivity contribution in [2.24, 2.45) is 17.3 Å². The molecule has 0 N–H and O–H groups in total. The van der Waals surface area contributed by atoms with Gasteiger partial charge in [-0.1, -0.05) is 145 Å². The zero-order valence-electron chi connectivity index (χ0n) is 31.7. The van der Waals surface area contributed by atoms with Crippen molar-refractivity contribution in [1.29, 1.82) is 0 Å². The summed E-state index contributed by atoms with van der Waals surface area (Å²) in [5.74, 6) is 0.297. The van der Waals surface area contributed by atoms with Gasteiger partial charge in [0.1, 0.15) is 6.29 Å². The first-order valence-corrected chi connectivity index (χ1v) is 47.4. The standard InChI is InChI=1S/C30H74O3Si8/c1-30(2,3)29(33-41(37(13,14)15,38(16,17)18)39(19,20)21)27-24-22-23-26(25-31)28(27)32-40(34(4,5)6,35(7,8)9)36(10,11)12/h25-29H,22-24H2,1-21H3/t26-,27+,28-,29-/m0/s1. The summed E-state index contributed by atoms with van der Waals surface area (Å²) in [6, 6.07) is 0. The Morgan fingerprint density at radius 3 is 1.20 bits per heavy atom. The third kappa shape index (κ3) is 7.66. The zero-order valence-corrected chi connectivity index (χ0v) is 39.7. The molecule has 41 heavy (non-hydrogen) atoms. The Morgan fingerprint density at radius 1 is 0.585 bits per heavy atom. The van der Waals surface area contributed by atoms with Gasteiger partial charge in [-0.25, -0.2) is 0 Å². The van der Waals surface area contributed by atoms with Crippen LogP contribution in [-0.2, 0) is 13.6 Å². The van der Waals surface area contributed by atoms with Crippen LogP contribution < -0.4 is 0 Å². The number of hydrogen-bond donors (Lipinski definition) is 0. The quantitative estimate of drug-likeness (QED) is 0.150. The summed E-state index contributed by atoms with van der Waals surface area (Å²) >= 11 is 0. The maximum Gasteiger partial charge on any atom is 0.158 e. The first kappa shape index (κ1) is 40.3. The molecule has 1 aliphatic rings. The normalized spacial score (nSPS) is 23.9. The van der Waals surface area contributed by atoms with E-state index < -0.39 is 59.3 Å². The lowest BCUT2D eigenvalue weighted by Gasteiger charge is -2.62. The van der Waals surface area contributed by atoms with Gasteiger partial charge in [0.2, 0.25) is 0 Å². The maximum atomic E-state index is 12.9. The van der Waals surface area contributed by atoms with Gasteiger partial charge in [0.15, 0.2) is 13.7 Å². The van der Waals surface area contributed by atoms with Gasteiger partial charge in [0.25, 0.3) is 0 Å². The summed E-state index contributed by atoms with van der Waals surface area (Å²) in [6.07, 6.45) is 4.69. The van der Waals surface area contributed by atoms with E-state index in [2.05, 4.69) is 139 Å². The number of rotatable bonds is 12. The van der Waals surface area contributed by atoms with E-state index >= 15 is 0 Å². The van der Waals surface area contributed by atoms with E-state index in [1.165, 1.54) is 6.29 Å². The fourth-order valence-corrected chi connectivity index (χ4v) is 199. The van der Waals surface area contributed by atoms with Crippen LogP contribution in [0.25, 0.3) is 0 Å². The van der Waals surface area contributed by atoms with Crippen LogP contribution >= 0.6 is 0 Å². The van der Waals surface area contributed by atoms with E-state index in [9.17, 15) is 4.79 Å². The van der Waals surface area contributed by atoms with E-state index in [1.54, 1.807) is 0 Å². The van der Waals surface area contributed by atoms with Gasteiger partial charge >= 0.3 is 0 Å². The highest BCUT2D eigenvalue weighted by molar-refractivity contribution is 7.88. The van der Waals surface area contributed by atoms with Crippen molar-refractivity contribution in [3.05, 3.63) is 0 Å². The molecule has 0 spiro atoms. The first-order chi connectivity index (χ1) is 17.7. The van der Waals surface area contributed by atoms with Gasteiger partial charge < -0.3 is 13.6 Å². The Labute approximate surface area is 265 Å². The topological polar surface area (TPSA) is 35.5 Å². The van der Waals surface area contributed by atoms with Gasteiger partial charge in [0, 0.05) is 11.8 Å². The van der Waals surface area contributed by atoms with Gasteiger partial charge in [0.05, 0.1) is 57.8 Å². The molecule has 0 saturated heterocycles. The van der Waals surface area contributed by atoms with E-state index in [0.717, 1.165) is 19.3 Å². The van der Waals surface area contributed by atoms with Crippen molar-refractivity contribution in [3.63, 3.8) is 0 Å². The molecular formula is C30H74O3Si8. The summed E-state index contributed by atoms with van der Waals surface area (Å²) < 4.78 is 16.3. The largest absolute Gasteiger partial charge is 0.422 e. The monoisotopic (exact) mass is 706 g/mol. The highest BCUT2D eigenvalue weighted by atomic mass is 29.9. The predicted molar refractivity (Wildman–Crippen MR) is 208 cm³/mol. The Kier molecular flexibility index (Phi) is 12.3. The highest BCUT2D eigenvalue weighted by Gasteiger charge is 2.68. The van der Waals surface area contributed by atoms with Crippen LogP contribution in [0.2, 0.25) is 118 Å². The van der Waals surface area contributed by atoms with Crippen LogP contribution in [0.5, 0.6) is 0 Å². The van der Waals surface area contributed by atoms with E-state index in [4.69, 9.17) is 8.85 Å². The minimum absolute atomic E-state index is 0.000151. The number of hydrogen-bond acceptors (Lipinski definition) is 3. The predicted octanol–water partition coefficient (Wildman–Crippen LogP) is 9.81. The van der Waals surface area contributed by atoms with Crippen molar-refractivity contribution >= 4 is 65.6 Å². The lowest BCUT2D eigenvalue weighted by molar-refractivity contribution is -0.120. The molecule has 3 nitrogen and oxygen atoms in total. The fourth-order valence-electron chi connectivity index (χ4n) is 11.0. The first-order valence-electron chi connectivity index (χ1n) is 16.6. The zero-order chi connectivity index (χ0) is 33.1. The molecule has 1 rings (SSSR count). The summed E-state index contributed by atoms with van der Waals surface area (Å²) in [5, 5.41) is 0. The molecule has 0 bridgehead atoms. The Bertz CT molecular complexity index is 818. The summed E-state index contributed by atoms with van der Waals surface area (Å²) in [7, 11) is -9.92. The number of aldehydes is 1. The van der Waals surface area contributed by atoms with Crippen molar-refractivity contribution < 1.29 is 13.6 Å². The van der Waals surface area contributed by atoms with Gasteiger partial charge in [-0.15, -0.1) is 0 Å². The molecule has 0 heterocycles. The van der Waals surface area contributed by atoms with Crippen LogP contribution in [0.4, 0.5) is 0 Å². The van der Waals surface area contributed by atoms with Crippen LogP contribution in [0.3, 0.4) is 0 Å². The Hall–Kier alpha value is 1.33. The average Bonchev–Trinajstić information content (AvgIpc) is 2.65. The third-order valence-electron chi connectivity index (χ3n) is 10.3. The minimum Gasteiger partial charge on any atom is -0.422 e. The second-order valence-corrected chi connectivity index (χ2v) is 99.6. The summed E-state index contributed by atoms with van der Waals surface area (Å²) in [6.45, 7) is 50.3. The molecule has 0 radical (unpaired) electrons. The molecule has 244 valence electrons. The van der Waals surface area contributed by atoms with Crippen molar-refractivity contribution in [2.75, 3.05) is 0 Å². The smallest absolute Gasteiger partial charge is 0.158 e. The Morgan fingerprint density at radius 2 is 0.927 bits per heavy atom. The molecule has 0 aromatic heterocycles.